The van der Waals surface area contributed by atoms with Crippen LogP contribution in [-0.2, 0) is 24.9 Å². The molecule has 0 saturated heterocycles. The predicted molar refractivity (Wildman–Crippen MR) is 86.3 cm³/mol. The van der Waals surface area contributed by atoms with Crippen LogP contribution in [0.3, 0.4) is 0 Å². The highest BCUT2D eigenvalue weighted by molar-refractivity contribution is 6.31. The van der Waals surface area contributed by atoms with Crippen molar-refractivity contribution in [2.45, 2.75) is 24.9 Å². The minimum atomic E-state index is -1.21. The molecule has 0 fully saturated rings. The lowest BCUT2D eigenvalue weighted by molar-refractivity contribution is 0.0145. The number of nitrogens with zero attached hydrogens (tertiary/aromatic N) is 2. The average molecular weight is 345 g/mol. The molecule has 1 heterocycles. The molecule has 0 amide bonds. The second-order valence-corrected chi connectivity index (χ2v) is 6.45. The van der Waals surface area contributed by atoms with Crippen molar-refractivity contribution in [2.75, 3.05) is 0 Å². The quantitative estimate of drug-likeness (QED) is 0.790. The molecule has 0 unspecified atom stereocenters. The van der Waals surface area contributed by atoms with Crippen molar-refractivity contribution in [3.8, 4) is 0 Å². The van der Waals surface area contributed by atoms with E-state index in [1.165, 1.54) is 6.07 Å². The monoisotopic (exact) mass is 344 g/mol. The smallest absolute Gasteiger partial charge is 0.259 e. The van der Waals surface area contributed by atoms with Crippen LogP contribution in [0.4, 0.5) is 4.39 Å². The van der Waals surface area contributed by atoms with Crippen LogP contribution in [0.15, 0.2) is 47.0 Å². The summed E-state index contributed by atoms with van der Waals surface area (Å²) in [5.41, 5.74) is 1.23. The molecule has 1 aliphatic rings. The SMILES string of the molecule is OC1(c2nc(Cc3c(F)cccc3Cl)no2)Cc2ccccc2C1. The number of hydrogen-bond acceptors (Lipinski definition) is 4. The van der Waals surface area contributed by atoms with Gasteiger partial charge in [0.1, 0.15) is 5.82 Å². The first-order valence-corrected chi connectivity index (χ1v) is 7.98. The maximum atomic E-state index is 13.9. The number of aliphatic hydroxyl groups is 1. The molecule has 2 aromatic carbocycles. The normalized spacial score (nSPS) is 15.5. The molecule has 0 radical (unpaired) electrons. The van der Waals surface area contributed by atoms with Crippen LogP contribution in [0.1, 0.15) is 28.4 Å². The summed E-state index contributed by atoms with van der Waals surface area (Å²) >= 11 is 6.03. The third kappa shape index (κ3) is 2.60. The molecule has 0 aliphatic heterocycles. The van der Waals surface area contributed by atoms with E-state index in [4.69, 9.17) is 16.1 Å². The van der Waals surface area contributed by atoms with Gasteiger partial charge in [-0.1, -0.05) is 47.1 Å². The molecule has 122 valence electrons. The van der Waals surface area contributed by atoms with Crippen molar-refractivity contribution in [1.82, 2.24) is 10.1 Å². The molecule has 6 heteroatoms. The van der Waals surface area contributed by atoms with Gasteiger partial charge in [0.15, 0.2) is 11.4 Å². The van der Waals surface area contributed by atoms with Crippen LogP contribution in [0.5, 0.6) is 0 Å². The number of fused-ring (bicyclic) bond motifs is 1. The Morgan fingerprint density at radius 3 is 2.50 bits per heavy atom. The maximum Gasteiger partial charge on any atom is 0.259 e. The van der Waals surface area contributed by atoms with Crippen LogP contribution in [0, 0.1) is 5.82 Å². The van der Waals surface area contributed by atoms with Crippen molar-refractivity contribution in [3.63, 3.8) is 0 Å². The summed E-state index contributed by atoms with van der Waals surface area (Å²) in [6.07, 6.45) is 0.953. The molecule has 0 atom stereocenters. The van der Waals surface area contributed by atoms with E-state index >= 15 is 0 Å². The zero-order chi connectivity index (χ0) is 16.7. The average Bonchev–Trinajstić information content (AvgIpc) is 3.15. The molecule has 1 N–H and O–H groups in total. The van der Waals surface area contributed by atoms with Gasteiger partial charge in [0.25, 0.3) is 5.89 Å². The molecule has 4 rings (SSSR count). The summed E-state index contributed by atoms with van der Waals surface area (Å²) in [6.45, 7) is 0. The van der Waals surface area contributed by atoms with Gasteiger partial charge in [-0.2, -0.15) is 4.98 Å². The number of aromatic nitrogens is 2. The third-order valence-corrected chi connectivity index (χ3v) is 4.70. The van der Waals surface area contributed by atoms with Gasteiger partial charge in [-0.15, -0.1) is 0 Å². The number of rotatable bonds is 3. The van der Waals surface area contributed by atoms with E-state index in [1.54, 1.807) is 12.1 Å². The van der Waals surface area contributed by atoms with Crippen molar-refractivity contribution >= 4 is 11.6 Å². The third-order valence-electron chi connectivity index (χ3n) is 4.35. The molecule has 4 nitrogen and oxygen atoms in total. The highest BCUT2D eigenvalue weighted by atomic mass is 35.5. The highest BCUT2D eigenvalue weighted by Crippen LogP contribution is 2.37. The van der Waals surface area contributed by atoms with Gasteiger partial charge in [0.2, 0.25) is 0 Å². The van der Waals surface area contributed by atoms with Crippen molar-refractivity contribution in [2.24, 2.45) is 0 Å². The molecule has 0 saturated carbocycles. The summed E-state index contributed by atoms with van der Waals surface area (Å²) in [5.74, 6) is 0.0309. The van der Waals surface area contributed by atoms with Gasteiger partial charge in [-0.05, 0) is 23.3 Å². The van der Waals surface area contributed by atoms with E-state index < -0.39 is 11.4 Å². The zero-order valence-corrected chi connectivity index (χ0v) is 13.4. The lowest BCUT2D eigenvalue weighted by atomic mass is 10.0. The fourth-order valence-corrected chi connectivity index (χ4v) is 3.35. The second-order valence-electron chi connectivity index (χ2n) is 6.05. The van der Waals surface area contributed by atoms with Crippen molar-refractivity contribution in [1.29, 1.82) is 0 Å². The van der Waals surface area contributed by atoms with Gasteiger partial charge in [-0.25, -0.2) is 4.39 Å². The Kier molecular flexibility index (Phi) is 3.62. The minimum Gasteiger partial charge on any atom is -0.379 e. The van der Waals surface area contributed by atoms with Crippen LogP contribution >= 0.6 is 11.6 Å². The molecule has 0 spiro atoms. The number of hydrogen-bond donors (Lipinski definition) is 1. The fourth-order valence-electron chi connectivity index (χ4n) is 3.12. The lowest BCUT2D eigenvalue weighted by Crippen LogP contribution is -2.26. The summed E-state index contributed by atoms with van der Waals surface area (Å²) < 4.78 is 19.1. The van der Waals surface area contributed by atoms with Crippen LogP contribution in [0.25, 0.3) is 0 Å². The first-order chi connectivity index (χ1) is 11.5. The zero-order valence-electron chi connectivity index (χ0n) is 12.7. The lowest BCUT2D eigenvalue weighted by Gasteiger charge is -2.16. The van der Waals surface area contributed by atoms with Crippen LogP contribution < -0.4 is 0 Å². The van der Waals surface area contributed by atoms with Crippen molar-refractivity contribution in [3.05, 3.63) is 81.7 Å². The Morgan fingerprint density at radius 1 is 1.12 bits per heavy atom. The molecule has 1 aliphatic carbocycles. The van der Waals surface area contributed by atoms with E-state index in [2.05, 4.69) is 10.1 Å². The Bertz CT molecular complexity index is 864. The molecular formula is C18H14ClFN2O2. The Labute approximate surface area is 142 Å². The molecule has 0 bridgehead atoms. The molecule has 1 aromatic heterocycles. The minimum absolute atomic E-state index is 0.109. The topological polar surface area (TPSA) is 59.2 Å². The van der Waals surface area contributed by atoms with E-state index in [-0.39, 0.29) is 12.3 Å². The van der Waals surface area contributed by atoms with E-state index in [9.17, 15) is 9.50 Å². The summed E-state index contributed by atoms with van der Waals surface area (Å²) in [6, 6.07) is 12.3. The van der Waals surface area contributed by atoms with Crippen molar-refractivity contribution < 1.29 is 14.0 Å². The Balaban J connectivity index is 1.60. The summed E-state index contributed by atoms with van der Waals surface area (Å²) in [4.78, 5) is 4.27. The maximum absolute atomic E-state index is 13.9. The molecular weight excluding hydrogens is 331 g/mol. The highest BCUT2D eigenvalue weighted by Gasteiger charge is 2.41. The summed E-state index contributed by atoms with van der Waals surface area (Å²) in [5, 5.41) is 15.1. The number of benzene rings is 2. The van der Waals surface area contributed by atoms with E-state index in [0.29, 0.717) is 29.3 Å². The van der Waals surface area contributed by atoms with E-state index in [0.717, 1.165) is 11.1 Å². The van der Waals surface area contributed by atoms with Gasteiger partial charge in [0, 0.05) is 29.8 Å². The number of halogens is 2. The van der Waals surface area contributed by atoms with Gasteiger partial charge in [-0.3, -0.25) is 0 Å². The standard InChI is InChI=1S/C18H14ClFN2O2/c19-14-6-3-7-15(20)13(14)8-16-21-17(24-22-16)18(23)9-11-4-1-2-5-12(11)10-18/h1-7,23H,8-10H2. The second kappa shape index (κ2) is 5.69. The molecule has 3 aromatic rings. The first kappa shape index (κ1) is 15.3. The van der Waals surface area contributed by atoms with Gasteiger partial charge < -0.3 is 9.63 Å². The van der Waals surface area contributed by atoms with Gasteiger partial charge in [0.05, 0.1) is 0 Å². The Hall–Kier alpha value is -2.24. The Morgan fingerprint density at radius 2 is 1.83 bits per heavy atom. The fraction of sp³-hybridized carbons (Fsp3) is 0.222. The van der Waals surface area contributed by atoms with Crippen LogP contribution in [0.2, 0.25) is 5.02 Å². The predicted octanol–water partition coefficient (Wildman–Crippen LogP) is 3.44. The summed E-state index contributed by atoms with van der Waals surface area (Å²) in [7, 11) is 0. The van der Waals surface area contributed by atoms with E-state index in [1.807, 2.05) is 24.3 Å². The van der Waals surface area contributed by atoms with Crippen LogP contribution in [-0.4, -0.2) is 15.2 Å². The first-order valence-electron chi connectivity index (χ1n) is 7.60. The largest absolute Gasteiger partial charge is 0.379 e. The van der Waals surface area contributed by atoms with Gasteiger partial charge >= 0.3 is 0 Å². The molecule has 24 heavy (non-hydrogen) atoms.